The molecular formula is C20H24FN3O. The van der Waals surface area contributed by atoms with Gasteiger partial charge >= 0.3 is 0 Å². The van der Waals surface area contributed by atoms with Crippen molar-refractivity contribution < 1.29 is 9.18 Å². The Labute approximate surface area is 148 Å². The van der Waals surface area contributed by atoms with Crippen molar-refractivity contribution in [2.24, 2.45) is 5.92 Å². The summed E-state index contributed by atoms with van der Waals surface area (Å²) >= 11 is 0. The van der Waals surface area contributed by atoms with E-state index in [1.165, 1.54) is 12.1 Å². The third-order valence-electron chi connectivity index (χ3n) is 5.00. The van der Waals surface area contributed by atoms with Gasteiger partial charge in [0, 0.05) is 35.8 Å². The van der Waals surface area contributed by atoms with Gasteiger partial charge in [0.1, 0.15) is 11.6 Å². The van der Waals surface area contributed by atoms with Crippen LogP contribution in [-0.4, -0.2) is 16.9 Å². The van der Waals surface area contributed by atoms with Crippen LogP contribution in [0.25, 0.3) is 0 Å². The highest BCUT2D eigenvalue weighted by Gasteiger charge is 2.39. The fourth-order valence-electron chi connectivity index (χ4n) is 3.86. The number of benzene rings is 1. The summed E-state index contributed by atoms with van der Waals surface area (Å²) in [6.45, 7) is 7.69. The van der Waals surface area contributed by atoms with Gasteiger partial charge in [-0.15, -0.1) is 0 Å². The van der Waals surface area contributed by atoms with E-state index in [9.17, 15) is 9.18 Å². The van der Waals surface area contributed by atoms with Crippen molar-refractivity contribution in [3.63, 3.8) is 0 Å². The number of halogens is 1. The van der Waals surface area contributed by atoms with Crippen molar-refractivity contribution in [1.82, 2.24) is 4.98 Å². The fraction of sp³-hybridized carbons (Fsp3) is 0.400. The number of pyridine rings is 1. The third kappa shape index (κ3) is 3.23. The highest BCUT2D eigenvalue weighted by atomic mass is 19.1. The standard InChI is InChI=1S/C20H24FN3O/c1-5-17-13(3)20(23-19-8-6-7-12(2)22-19)16-11-15(21)9-10-18(16)24(17)14(4)25/h6-11,13,17,20H,5H2,1-4H3,(H,22,23)/t13-,17-,20?/m0/s1. The molecule has 1 N–H and O–H groups in total. The van der Waals surface area contributed by atoms with Crippen LogP contribution in [-0.2, 0) is 4.79 Å². The predicted molar refractivity (Wildman–Crippen MR) is 98.1 cm³/mol. The highest BCUT2D eigenvalue weighted by molar-refractivity contribution is 5.94. The summed E-state index contributed by atoms with van der Waals surface area (Å²) < 4.78 is 14.0. The van der Waals surface area contributed by atoms with Crippen molar-refractivity contribution in [1.29, 1.82) is 0 Å². The smallest absolute Gasteiger partial charge is 0.224 e. The normalized spacial score (nSPS) is 22.4. The second-order valence-electron chi connectivity index (χ2n) is 6.71. The minimum atomic E-state index is -0.298. The van der Waals surface area contributed by atoms with E-state index >= 15 is 0 Å². The maximum Gasteiger partial charge on any atom is 0.224 e. The lowest BCUT2D eigenvalue weighted by molar-refractivity contribution is -0.117. The molecule has 1 aromatic carbocycles. The molecule has 0 radical (unpaired) electrons. The van der Waals surface area contributed by atoms with Gasteiger partial charge in [-0.25, -0.2) is 9.37 Å². The van der Waals surface area contributed by atoms with Gasteiger partial charge in [0.05, 0.1) is 6.04 Å². The summed E-state index contributed by atoms with van der Waals surface area (Å²) in [6, 6.07) is 10.4. The van der Waals surface area contributed by atoms with Crippen LogP contribution in [0.3, 0.4) is 0 Å². The molecule has 1 aromatic heterocycles. The van der Waals surface area contributed by atoms with E-state index in [1.54, 1.807) is 17.9 Å². The molecule has 3 atom stereocenters. The number of aryl methyl sites for hydroxylation is 1. The number of carbonyl (C=O) groups is 1. The summed E-state index contributed by atoms with van der Waals surface area (Å²) in [7, 11) is 0. The number of amides is 1. The minimum Gasteiger partial charge on any atom is -0.363 e. The maximum atomic E-state index is 14.0. The number of aromatic nitrogens is 1. The Hall–Kier alpha value is -2.43. The number of nitrogens with one attached hydrogen (secondary N) is 1. The van der Waals surface area contributed by atoms with Gasteiger partial charge in [-0.05, 0) is 43.7 Å². The molecule has 1 unspecified atom stereocenters. The largest absolute Gasteiger partial charge is 0.363 e. The molecule has 2 aromatic rings. The van der Waals surface area contributed by atoms with Crippen LogP contribution in [0.5, 0.6) is 0 Å². The molecule has 1 aliphatic rings. The second-order valence-corrected chi connectivity index (χ2v) is 6.71. The van der Waals surface area contributed by atoms with Crippen LogP contribution in [0.1, 0.15) is 44.5 Å². The molecule has 1 aliphatic heterocycles. The minimum absolute atomic E-state index is 0.0151. The number of hydrogen-bond donors (Lipinski definition) is 1. The van der Waals surface area contributed by atoms with Crippen LogP contribution in [0.2, 0.25) is 0 Å². The molecule has 4 nitrogen and oxygen atoms in total. The van der Waals surface area contributed by atoms with Crippen LogP contribution in [0.4, 0.5) is 15.9 Å². The van der Waals surface area contributed by atoms with Gasteiger partial charge < -0.3 is 10.2 Å². The summed E-state index contributed by atoms with van der Waals surface area (Å²) in [4.78, 5) is 18.6. The monoisotopic (exact) mass is 341 g/mol. The SMILES string of the molecule is CC[C@H]1[C@H](C)C(Nc2cccc(C)n2)c2cc(F)ccc2N1C(C)=O. The van der Waals surface area contributed by atoms with Crippen molar-refractivity contribution >= 4 is 17.4 Å². The first-order valence-electron chi connectivity index (χ1n) is 8.71. The lowest BCUT2D eigenvalue weighted by Crippen LogP contribution is -2.49. The Morgan fingerprint density at radius 1 is 1.32 bits per heavy atom. The van der Waals surface area contributed by atoms with Gasteiger partial charge in [-0.3, -0.25) is 4.79 Å². The van der Waals surface area contributed by atoms with Crippen molar-refractivity contribution in [3.8, 4) is 0 Å². The number of anilines is 2. The average Bonchev–Trinajstić information content (AvgIpc) is 2.56. The molecule has 2 heterocycles. The zero-order chi connectivity index (χ0) is 18.1. The quantitative estimate of drug-likeness (QED) is 0.896. The average molecular weight is 341 g/mol. The number of fused-ring (bicyclic) bond motifs is 1. The van der Waals surface area contributed by atoms with E-state index in [0.29, 0.717) is 0 Å². The molecule has 3 rings (SSSR count). The van der Waals surface area contributed by atoms with E-state index in [2.05, 4.69) is 24.1 Å². The molecule has 0 bridgehead atoms. The van der Waals surface area contributed by atoms with E-state index in [-0.39, 0.29) is 29.7 Å². The summed E-state index contributed by atoms with van der Waals surface area (Å²) in [5.41, 5.74) is 2.50. The van der Waals surface area contributed by atoms with E-state index < -0.39 is 0 Å². The van der Waals surface area contributed by atoms with E-state index in [4.69, 9.17) is 0 Å². The van der Waals surface area contributed by atoms with Crippen molar-refractivity contribution in [2.45, 2.75) is 46.2 Å². The summed E-state index contributed by atoms with van der Waals surface area (Å²) in [6.07, 6.45) is 0.830. The molecule has 0 aliphatic carbocycles. The molecule has 0 spiro atoms. The Bertz CT molecular complexity index is 792. The van der Waals surface area contributed by atoms with E-state index in [0.717, 1.165) is 29.2 Å². The Morgan fingerprint density at radius 3 is 2.72 bits per heavy atom. The van der Waals surface area contributed by atoms with Crippen LogP contribution in [0, 0.1) is 18.7 Å². The molecule has 5 heteroatoms. The topological polar surface area (TPSA) is 45.2 Å². The molecule has 0 saturated heterocycles. The zero-order valence-corrected chi connectivity index (χ0v) is 15.1. The van der Waals surface area contributed by atoms with Crippen molar-refractivity contribution in [2.75, 3.05) is 10.2 Å². The number of hydrogen-bond acceptors (Lipinski definition) is 3. The van der Waals surface area contributed by atoms with Crippen LogP contribution < -0.4 is 10.2 Å². The van der Waals surface area contributed by atoms with Crippen LogP contribution in [0.15, 0.2) is 36.4 Å². The Kier molecular flexibility index (Phi) is 4.75. The first-order valence-corrected chi connectivity index (χ1v) is 8.71. The van der Waals surface area contributed by atoms with Gasteiger partial charge in [-0.2, -0.15) is 0 Å². The maximum absolute atomic E-state index is 14.0. The zero-order valence-electron chi connectivity index (χ0n) is 15.1. The highest BCUT2D eigenvalue weighted by Crippen LogP contribution is 2.43. The lowest BCUT2D eigenvalue weighted by Gasteiger charge is -2.45. The van der Waals surface area contributed by atoms with Gasteiger partial charge in [0.25, 0.3) is 0 Å². The second kappa shape index (κ2) is 6.82. The third-order valence-corrected chi connectivity index (χ3v) is 5.00. The molecule has 25 heavy (non-hydrogen) atoms. The summed E-state index contributed by atoms with van der Waals surface area (Å²) in [5, 5.41) is 3.46. The first kappa shape index (κ1) is 17.4. The first-order chi connectivity index (χ1) is 11.9. The van der Waals surface area contributed by atoms with Gasteiger partial charge in [-0.1, -0.05) is 19.9 Å². The molecular weight excluding hydrogens is 317 g/mol. The lowest BCUT2D eigenvalue weighted by atomic mass is 9.81. The number of rotatable bonds is 3. The Morgan fingerprint density at radius 2 is 2.08 bits per heavy atom. The fourth-order valence-corrected chi connectivity index (χ4v) is 3.86. The van der Waals surface area contributed by atoms with E-state index in [1.807, 2.05) is 25.1 Å². The van der Waals surface area contributed by atoms with Gasteiger partial charge in [0.2, 0.25) is 5.91 Å². The van der Waals surface area contributed by atoms with Crippen molar-refractivity contribution in [3.05, 3.63) is 53.5 Å². The van der Waals surface area contributed by atoms with Crippen LogP contribution >= 0.6 is 0 Å². The molecule has 0 fully saturated rings. The number of nitrogens with zero attached hydrogens (tertiary/aromatic N) is 2. The number of carbonyl (C=O) groups excluding carboxylic acids is 1. The Balaban J connectivity index is 2.09. The van der Waals surface area contributed by atoms with Gasteiger partial charge in [0.15, 0.2) is 0 Å². The summed E-state index contributed by atoms with van der Waals surface area (Å²) in [5.74, 6) is 0.566. The predicted octanol–water partition coefficient (Wildman–Crippen LogP) is 4.46. The molecule has 1 amide bonds. The molecule has 0 saturated carbocycles. The molecule has 132 valence electrons.